The molecule has 0 amide bonds. The molecule has 8 heteroatoms. The van der Waals surface area contributed by atoms with Gasteiger partial charge in [-0.2, -0.15) is 5.10 Å². The number of hydrogen-bond acceptors (Lipinski definition) is 6. The van der Waals surface area contributed by atoms with Crippen LogP contribution in [0.4, 0.5) is 0 Å². The number of hydrogen-bond donors (Lipinski definition) is 2. The Morgan fingerprint density at radius 1 is 1.45 bits per heavy atom. The minimum Gasteiger partial charge on any atom is -0.488 e. The number of hydrazone groups is 1. The van der Waals surface area contributed by atoms with E-state index >= 15 is 0 Å². The Labute approximate surface area is 125 Å². The number of benzene rings is 1. The van der Waals surface area contributed by atoms with Crippen molar-refractivity contribution < 1.29 is 4.74 Å². The summed E-state index contributed by atoms with van der Waals surface area (Å²) < 4.78 is 9.42. The number of thiocarbonyl (C=S) groups is 1. The number of nitrogens with zero attached hydrogens (tertiary/aromatic N) is 3. The molecule has 0 spiro atoms. The maximum atomic E-state index is 5.58. The van der Waals surface area contributed by atoms with Crippen molar-refractivity contribution in [2.24, 2.45) is 10.8 Å². The highest BCUT2D eigenvalue weighted by molar-refractivity contribution is 7.80. The average molecular weight is 307 g/mol. The first-order chi connectivity index (χ1) is 9.65. The first-order valence-corrected chi connectivity index (χ1v) is 6.98. The van der Waals surface area contributed by atoms with Gasteiger partial charge in [0.2, 0.25) is 0 Å². The van der Waals surface area contributed by atoms with Crippen LogP contribution in [0, 0.1) is 0 Å². The molecule has 0 aliphatic rings. The molecule has 0 aliphatic heterocycles. The summed E-state index contributed by atoms with van der Waals surface area (Å²) in [6, 6.07) is 7.63. The van der Waals surface area contributed by atoms with Crippen molar-refractivity contribution >= 4 is 34.6 Å². The molecule has 0 fully saturated rings. The van der Waals surface area contributed by atoms with E-state index in [2.05, 4.69) is 32.3 Å². The molecule has 1 aromatic heterocycles. The Balaban J connectivity index is 1.91. The van der Waals surface area contributed by atoms with Gasteiger partial charge in [-0.15, -0.1) is 5.10 Å². The van der Waals surface area contributed by atoms with Crippen LogP contribution in [-0.4, -0.2) is 27.0 Å². The fourth-order valence-electron chi connectivity index (χ4n) is 1.38. The fraction of sp³-hybridized carbons (Fsp3) is 0.167. The summed E-state index contributed by atoms with van der Waals surface area (Å²) in [6.07, 6.45) is 0. The van der Waals surface area contributed by atoms with Crippen LogP contribution in [0.25, 0.3) is 11.3 Å². The smallest absolute Gasteiger partial charge is 0.184 e. The van der Waals surface area contributed by atoms with Crippen LogP contribution in [0.15, 0.2) is 34.7 Å². The summed E-state index contributed by atoms with van der Waals surface area (Å²) in [7, 11) is 0. The maximum absolute atomic E-state index is 5.58. The fourth-order valence-corrected chi connectivity index (χ4v) is 1.89. The van der Waals surface area contributed by atoms with Gasteiger partial charge in [-0.25, -0.2) is 0 Å². The first-order valence-electron chi connectivity index (χ1n) is 5.74. The van der Waals surface area contributed by atoms with Crippen molar-refractivity contribution in [1.29, 1.82) is 0 Å². The Bertz CT molecular complexity index is 595. The molecule has 0 atom stereocenters. The standard InChI is InChI=1S/C12H13N5OS2/c1-8(14-16-12(13)19)6-18-10-4-2-9(3-5-10)11-7-20-17-15-11/h2-5,7H,6H2,1H3,(H3,13,16,19)/b14-8+. The molecule has 0 aliphatic carbocycles. The molecule has 0 saturated heterocycles. The van der Waals surface area contributed by atoms with Crippen LogP contribution in [-0.2, 0) is 0 Å². The lowest BCUT2D eigenvalue weighted by Gasteiger charge is -2.06. The van der Waals surface area contributed by atoms with E-state index in [9.17, 15) is 0 Å². The molecule has 0 radical (unpaired) electrons. The molecule has 2 aromatic rings. The van der Waals surface area contributed by atoms with Crippen LogP contribution in [0.5, 0.6) is 5.75 Å². The highest BCUT2D eigenvalue weighted by atomic mass is 32.1. The zero-order chi connectivity index (χ0) is 14.4. The summed E-state index contributed by atoms with van der Waals surface area (Å²) in [4.78, 5) is 0. The normalized spacial score (nSPS) is 11.2. The number of nitrogens with one attached hydrogen (secondary N) is 1. The lowest BCUT2D eigenvalue weighted by molar-refractivity contribution is 0.375. The second kappa shape index (κ2) is 6.92. The van der Waals surface area contributed by atoms with Crippen molar-refractivity contribution in [1.82, 2.24) is 15.0 Å². The number of ether oxygens (including phenoxy) is 1. The van der Waals surface area contributed by atoms with Gasteiger partial charge in [-0.05, 0) is 54.9 Å². The molecule has 3 N–H and O–H groups in total. The van der Waals surface area contributed by atoms with E-state index in [4.69, 9.17) is 10.5 Å². The highest BCUT2D eigenvalue weighted by Gasteiger charge is 2.02. The zero-order valence-corrected chi connectivity index (χ0v) is 12.4. The van der Waals surface area contributed by atoms with E-state index in [1.54, 1.807) is 0 Å². The van der Waals surface area contributed by atoms with Crippen LogP contribution >= 0.6 is 23.8 Å². The van der Waals surface area contributed by atoms with E-state index in [0.717, 1.165) is 22.7 Å². The van der Waals surface area contributed by atoms with Gasteiger partial charge in [0, 0.05) is 10.9 Å². The van der Waals surface area contributed by atoms with Crippen molar-refractivity contribution in [3.8, 4) is 17.0 Å². The molecule has 0 saturated carbocycles. The minimum atomic E-state index is 0.130. The van der Waals surface area contributed by atoms with Gasteiger partial charge >= 0.3 is 0 Å². The highest BCUT2D eigenvalue weighted by Crippen LogP contribution is 2.21. The van der Waals surface area contributed by atoms with Gasteiger partial charge in [0.15, 0.2) is 5.11 Å². The molecular formula is C12H13N5OS2. The Kier molecular flexibility index (Phi) is 4.97. The predicted molar refractivity (Wildman–Crippen MR) is 83.9 cm³/mol. The summed E-state index contributed by atoms with van der Waals surface area (Å²) in [5.74, 6) is 0.752. The zero-order valence-electron chi connectivity index (χ0n) is 10.7. The second-order valence-electron chi connectivity index (χ2n) is 3.93. The largest absolute Gasteiger partial charge is 0.488 e. The topological polar surface area (TPSA) is 85.4 Å². The lowest BCUT2D eigenvalue weighted by Crippen LogP contribution is -2.26. The molecule has 1 aromatic carbocycles. The molecule has 104 valence electrons. The SMILES string of the molecule is C/C(COc1ccc(-c2csnn2)cc1)=N\NC(N)=S. The van der Waals surface area contributed by atoms with Gasteiger partial charge in [0.1, 0.15) is 18.1 Å². The van der Waals surface area contributed by atoms with Gasteiger partial charge in [-0.1, -0.05) is 4.49 Å². The third-order valence-corrected chi connectivity index (χ3v) is 2.91. The quantitative estimate of drug-likeness (QED) is 0.498. The van der Waals surface area contributed by atoms with Gasteiger partial charge in [0.25, 0.3) is 0 Å². The van der Waals surface area contributed by atoms with E-state index < -0.39 is 0 Å². The van der Waals surface area contributed by atoms with Gasteiger partial charge in [-0.3, -0.25) is 5.43 Å². The van der Waals surface area contributed by atoms with E-state index in [1.165, 1.54) is 11.5 Å². The second-order valence-corrected chi connectivity index (χ2v) is 4.98. The van der Waals surface area contributed by atoms with E-state index in [-0.39, 0.29) is 5.11 Å². The van der Waals surface area contributed by atoms with Crippen LogP contribution < -0.4 is 15.9 Å². The van der Waals surface area contributed by atoms with Crippen LogP contribution in [0.3, 0.4) is 0 Å². The van der Waals surface area contributed by atoms with Crippen molar-refractivity contribution in [3.05, 3.63) is 29.6 Å². The predicted octanol–water partition coefficient (Wildman–Crippen LogP) is 1.79. The molecule has 6 nitrogen and oxygen atoms in total. The minimum absolute atomic E-state index is 0.130. The van der Waals surface area contributed by atoms with E-state index in [0.29, 0.717) is 6.61 Å². The van der Waals surface area contributed by atoms with Gasteiger partial charge < -0.3 is 10.5 Å². The molecule has 1 heterocycles. The first kappa shape index (κ1) is 14.4. The third-order valence-electron chi connectivity index (χ3n) is 2.31. The summed E-state index contributed by atoms with van der Waals surface area (Å²) in [6.45, 7) is 2.17. The lowest BCUT2D eigenvalue weighted by atomic mass is 10.2. The van der Waals surface area contributed by atoms with Crippen LogP contribution in [0.2, 0.25) is 0 Å². The number of rotatable bonds is 5. The Hall–Kier alpha value is -2.06. The number of aromatic nitrogens is 2. The third kappa shape index (κ3) is 4.25. The summed E-state index contributed by atoms with van der Waals surface area (Å²) in [5, 5.41) is 9.99. The van der Waals surface area contributed by atoms with Crippen LogP contribution in [0.1, 0.15) is 6.92 Å². The van der Waals surface area contributed by atoms with Crippen molar-refractivity contribution in [2.45, 2.75) is 6.92 Å². The maximum Gasteiger partial charge on any atom is 0.184 e. The van der Waals surface area contributed by atoms with Crippen molar-refractivity contribution in [3.63, 3.8) is 0 Å². The monoisotopic (exact) mass is 307 g/mol. The van der Waals surface area contributed by atoms with Gasteiger partial charge in [0.05, 0.1) is 5.71 Å². The average Bonchev–Trinajstić information content (AvgIpc) is 2.97. The van der Waals surface area contributed by atoms with E-state index in [1.807, 2.05) is 36.6 Å². The molecule has 0 bridgehead atoms. The Morgan fingerprint density at radius 3 is 2.80 bits per heavy atom. The molecule has 20 heavy (non-hydrogen) atoms. The molecule has 0 unspecified atom stereocenters. The summed E-state index contributed by atoms with van der Waals surface area (Å²) >= 11 is 5.98. The number of nitrogens with two attached hydrogens (primary N) is 1. The summed E-state index contributed by atoms with van der Waals surface area (Å²) in [5.41, 5.74) is 10.4. The molecule has 2 rings (SSSR count). The van der Waals surface area contributed by atoms with Crippen molar-refractivity contribution in [2.75, 3.05) is 6.61 Å². The Morgan fingerprint density at radius 2 is 2.20 bits per heavy atom. The molecular weight excluding hydrogens is 294 g/mol.